The van der Waals surface area contributed by atoms with Crippen LogP contribution in [-0.4, -0.2) is 23.0 Å². The first-order valence-corrected chi connectivity index (χ1v) is 6.18. The molecule has 0 radical (unpaired) electrons. The smallest absolute Gasteiger partial charge is 0.0544 e. The predicted molar refractivity (Wildman–Crippen MR) is 72.5 cm³/mol. The van der Waals surface area contributed by atoms with Gasteiger partial charge in [0, 0.05) is 25.3 Å². The molecule has 0 saturated heterocycles. The highest BCUT2D eigenvalue weighted by Crippen LogP contribution is 2.23. The van der Waals surface area contributed by atoms with Crippen LogP contribution in [0.4, 0.5) is 0 Å². The van der Waals surface area contributed by atoms with Crippen molar-refractivity contribution in [3.05, 3.63) is 29.6 Å². The monoisotopic (exact) mass is 235 g/mol. The third-order valence-electron chi connectivity index (χ3n) is 3.45. The Morgan fingerprint density at radius 3 is 2.41 bits per heavy atom. The van der Waals surface area contributed by atoms with Crippen molar-refractivity contribution in [2.45, 2.75) is 46.8 Å². The molecule has 0 aliphatic carbocycles. The first-order valence-electron chi connectivity index (χ1n) is 6.18. The van der Waals surface area contributed by atoms with Gasteiger partial charge >= 0.3 is 0 Å². The molecule has 0 aliphatic rings. The lowest BCUT2D eigenvalue weighted by atomic mass is 9.87. The summed E-state index contributed by atoms with van der Waals surface area (Å²) in [4.78, 5) is 6.77. The lowest BCUT2D eigenvalue weighted by Crippen LogP contribution is -2.38. The van der Waals surface area contributed by atoms with Crippen LogP contribution < -0.4 is 5.73 Å². The van der Waals surface area contributed by atoms with Crippen LogP contribution in [0.25, 0.3) is 0 Å². The van der Waals surface area contributed by atoms with Gasteiger partial charge in [0.15, 0.2) is 0 Å². The maximum Gasteiger partial charge on any atom is 0.0544 e. The average Bonchev–Trinajstić information content (AvgIpc) is 2.27. The number of hydrogen-bond donors (Lipinski definition) is 1. The molecule has 1 rings (SSSR count). The Morgan fingerprint density at radius 1 is 1.35 bits per heavy atom. The average molecular weight is 235 g/mol. The van der Waals surface area contributed by atoms with Gasteiger partial charge in [-0.15, -0.1) is 0 Å². The van der Waals surface area contributed by atoms with Gasteiger partial charge in [-0.3, -0.25) is 9.88 Å². The summed E-state index contributed by atoms with van der Waals surface area (Å²) in [5.74, 6) is 0. The van der Waals surface area contributed by atoms with E-state index >= 15 is 0 Å². The van der Waals surface area contributed by atoms with E-state index in [2.05, 4.69) is 56.8 Å². The van der Waals surface area contributed by atoms with E-state index in [1.54, 1.807) is 0 Å². The summed E-state index contributed by atoms with van der Waals surface area (Å²) in [6.45, 7) is 10.5. The maximum absolute atomic E-state index is 5.56. The quantitative estimate of drug-likeness (QED) is 0.871. The molecule has 0 aliphatic heterocycles. The van der Waals surface area contributed by atoms with E-state index in [0.29, 0.717) is 12.6 Å². The van der Waals surface area contributed by atoms with Gasteiger partial charge in [-0.05, 0) is 31.0 Å². The Bertz CT molecular complexity index is 337. The highest BCUT2D eigenvalue weighted by Gasteiger charge is 2.23. The molecule has 0 fully saturated rings. The molecular weight excluding hydrogens is 210 g/mol. The van der Waals surface area contributed by atoms with Crippen molar-refractivity contribution >= 4 is 0 Å². The number of rotatable bonds is 4. The van der Waals surface area contributed by atoms with Crippen LogP contribution in [0.3, 0.4) is 0 Å². The van der Waals surface area contributed by atoms with E-state index in [4.69, 9.17) is 5.73 Å². The van der Waals surface area contributed by atoms with Gasteiger partial charge < -0.3 is 5.73 Å². The Kier molecular flexibility index (Phi) is 4.66. The molecule has 1 unspecified atom stereocenters. The fourth-order valence-corrected chi connectivity index (χ4v) is 1.72. The fraction of sp³-hybridized carbons (Fsp3) is 0.643. The normalized spacial score (nSPS) is 14.1. The maximum atomic E-state index is 5.56. The van der Waals surface area contributed by atoms with E-state index in [1.807, 2.05) is 6.20 Å². The zero-order chi connectivity index (χ0) is 13.1. The van der Waals surface area contributed by atoms with Gasteiger partial charge in [0.2, 0.25) is 0 Å². The van der Waals surface area contributed by atoms with Gasteiger partial charge in [0.05, 0.1) is 5.69 Å². The van der Waals surface area contributed by atoms with Crippen LogP contribution in [-0.2, 0) is 13.1 Å². The van der Waals surface area contributed by atoms with E-state index in [9.17, 15) is 0 Å². The predicted octanol–water partition coefficient (Wildman–Crippen LogP) is 2.41. The molecule has 96 valence electrons. The van der Waals surface area contributed by atoms with Crippen molar-refractivity contribution in [2.75, 3.05) is 7.05 Å². The summed E-state index contributed by atoms with van der Waals surface area (Å²) in [6, 6.07) is 4.63. The Morgan fingerprint density at radius 2 is 2.00 bits per heavy atom. The third kappa shape index (κ3) is 4.10. The minimum Gasteiger partial charge on any atom is -0.326 e. The number of nitrogens with zero attached hydrogens (tertiary/aromatic N) is 2. The van der Waals surface area contributed by atoms with Crippen LogP contribution >= 0.6 is 0 Å². The zero-order valence-corrected chi connectivity index (χ0v) is 11.7. The van der Waals surface area contributed by atoms with Crippen LogP contribution in [0.15, 0.2) is 18.3 Å². The fourth-order valence-electron chi connectivity index (χ4n) is 1.72. The van der Waals surface area contributed by atoms with Gasteiger partial charge in [-0.2, -0.15) is 0 Å². The standard InChI is InChI=1S/C14H25N3/c1-11(14(2,3)4)17(5)10-13-7-6-12(8-15)9-16-13/h6-7,9,11H,8,10,15H2,1-5H3. The van der Waals surface area contributed by atoms with E-state index in [-0.39, 0.29) is 5.41 Å². The molecular formula is C14H25N3. The summed E-state index contributed by atoms with van der Waals surface area (Å²) in [7, 11) is 2.15. The number of nitrogens with two attached hydrogens (primary N) is 1. The molecule has 3 nitrogen and oxygen atoms in total. The van der Waals surface area contributed by atoms with Crippen LogP contribution in [0, 0.1) is 5.41 Å². The van der Waals surface area contributed by atoms with Crippen molar-refractivity contribution in [3.63, 3.8) is 0 Å². The van der Waals surface area contributed by atoms with Crippen LogP contribution in [0.2, 0.25) is 0 Å². The Hall–Kier alpha value is -0.930. The van der Waals surface area contributed by atoms with E-state index in [1.165, 1.54) is 0 Å². The lowest BCUT2D eigenvalue weighted by Gasteiger charge is -2.35. The number of aromatic nitrogens is 1. The Balaban J connectivity index is 2.64. The summed E-state index contributed by atoms with van der Waals surface area (Å²) in [5, 5.41) is 0. The van der Waals surface area contributed by atoms with Gasteiger partial charge in [0.1, 0.15) is 0 Å². The summed E-state index contributed by atoms with van der Waals surface area (Å²) in [6.07, 6.45) is 1.87. The minimum atomic E-state index is 0.284. The van der Waals surface area contributed by atoms with Crippen molar-refractivity contribution in [1.29, 1.82) is 0 Å². The molecule has 3 heteroatoms. The summed E-state index contributed by atoms with van der Waals surface area (Å²) < 4.78 is 0. The van der Waals surface area contributed by atoms with Crippen molar-refractivity contribution in [1.82, 2.24) is 9.88 Å². The SMILES string of the molecule is CC(N(C)Cc1ccc(CN)cn1)C(C)(C)C. The second-order valence-corrected chi connectivity index (χ2v) is 5.82. The molecule has 0 bridgehead atoms. The van der Waals surface area contributed by atoms with Gasteiger partial charge in [0.25, 0.3) is 0 Å². The van der Waals surface area contributed by atoms with E-state index < -0.39 is 0 Å². The molecule has 0 aromatic carbocycles. The molecule has 1 aromatic rings. The van der Waals surface area contributed by atoms with Gasteiger partial charge in [-0.25, -0.2) is 0 Å². The largest absolute Gasteiger partial charge is 0.326 e. The van der Waals surface area contributed by atoms with Crippen molar-refractivity contribution in [2.24, 2.45) is 11.1 Å². The third-order valence-corrected chi connectivity index (χ3v) is 3.45. The Labute approximate surface area is 105 Å². The molecule has 2 N–H and O–H groups in total. The second-order valence-electron chi connectivity index (χ2n) is 5.82. The number of pyridine rings is 1. The molecule has 0 amide bonds. The lowest BCUT2D eigenvalue weighted by molar-refractivity contribution is 0.133. The molecule has 1 aromatic heterocycles. The van der Waals surface area contributed by atoms with Crippen molar-refractivity contribution < 1.29 is 0 Å². The van der Waals surface area contributed by atoms with Gasteiger partial charge in [-0.1, -0.05) is 26.8 Å². The summed E-state index contributed by atoms with van der Waals surface area (Å²) in [5.41, 5.74) is 8.02. The highest BCUT2D eigenvalue weighted by molar-refractivity contribution is 5.13. The summed E-state index contributed by atoms with van der Waals surface area (Å²) >= 11 is 0. The molecule has 0 saturated carbocycles. The molecule has 1 atom stereocenters. The van der Waals surface area contributed by atoms with Crippen LogP contribution in [0.5, 0.6) is 0 Å². The van der Waals surface area contributed by atoms with E-state index in [0.717, 1.165) is 17.8 Å². The van der Waals surface area contributed by atoms with Crippen LogP contribution in [0.1, 0.15) is 39.0 Å². The van der Waals surface area contributed by atoms with Crippen molar-refractivity contribution in [3.8, 4) is 0 Å². The molecule has 0 spiro atoms. The minimum absolute atomic E-state index is 0.284. The second kappa shape index (κ2) is 5.61. The topological polar surface area (TPSA) is 42.1 Å². The zero-order valence-electron chi connectivity index (χ0n) is 11.7. The molecule has 17 heavy (non-hydrogen) atoms. The number of hydrogen-bond acceptors (Lipinski definition) is 3. The first kappa shape index (κ1) is 14.1. The highest BCUT2D eigenvalue weighted by atomic mass is 15.1. The molecule has 1 heterocycles. The first-order chi connectivity index (χ1) is 7.84.